The molecule has 2 heterocycles. The summed E-state index contributed by atoms with van der Waals surface area (Å²) in [5, 5.41) is 13.1. The van der Waals surface area contributed by atoms with Crippen LogP contribution >= 0.6 is 0 Å². The predicted octanol–water partition coefficient (Wildman–Crippen LogP) is 2.07. The fraction of sp³-hybridized carbons (Fsp3) is 0.444. The molecular weight excluding hydrogens is 320 g/mol. The summed E-state index contributed by atoms with van der Waals surface area (Å²) >= 11 is 0. The molecule has 7 nitrogen and oxygen atoms in total. The molecule has 1 fully saturated rings. The van der Waals surface area contributed by atoms with Crippen LogP contribution in [0.3, 0.4) is 0 Å². The number of hydrogen-bond donors (Lipinski definition) is 2. The van der Waals surface area contributed by atoms with Gasteiger partial charge in [-0.15, -0.1) is 0 Å². The number of aliphatic hydroxyl groups excluding tert-OH is 1. The minimum atomic E-state index is -0.285. The molecule has 0 amide bonds. The molecule has 3 rings (SSSR count). The van der Waals surface area contributed by atoms with E-state index in [1.54, 1.807) is 20.4 Å². The zero-order valence-corrected chi connectivity index (χ0v) is 14.6. The number of aliphatic hydroxyl groups is 1. The van der Waals surface area contributed by atoms with Gasteiger partial charge >= 0.3 is 0 Å². The van der Waals surface area contributed by atoms with Gasteiger partial charge in [-0.2, -0.15) is 4.98 Å². The van der Waals surface area contributed by atoms with Gasteiger partial charge in [0.05, 0.1) is 20.3 Å². The van der Waals surface area contributed by atoms with Crippen molar-refractivity contribution in [2.45, 2.75) is 25.5 Å². The first-order valence-electron chi connectivity index (χ1n) is 8.40. The van der Waals surface area contributed by atoms with E-state index in [2.05, 4.69) is 20.2 Å². The highest BCUT2D eigenvalue weighted by Gasteiger charge is 2.19. The van der Waals surface area contributed by atoms with Crippen molar-refractivity contribution in [2.24, 2.45) is 0 Å². The quantitative estimate of drug-likeness (QED) is 0.830. The highest BCUT2D eigenvalue weighted by Crippen LogP contribution is 2.27. The van der Waals surface area contributed by atoms with Crippen LogP contribution in [0.25, 0.3) is 0 Å². The number of β-amino-alcohol motifs (C(OH)–C–C–N with tert-alkyl or cyclic N) is 1. The van der Waals surface area contributed by atoms with E-state index in [9.17, 15) is 5.11 Å². The van der Waals surface area contributed by atoms with Crippen LogP contribution in [0.1, 0.15) is 18.4 Å². The minimum absolute atomic E-state index is 0.285. The van der Waals surface area contributed by atoms with Crippen molar-refractivity contribution in [1.82, 2.24) is 9.97 Å². The Hall–Kier alpha value is -2.54. The summed E-state index contributed by atoms with van der Waals surface area (Å²) in [5.74, 6) is 2.79. The lowest BCUT2D eigenvalue weighted by Crippen LogP contribution is -2.38. The van der Waals surface area contributed by atoms with Crippen LogP contribution in [-0.2, 0) is 6.54 Å². The summed E-state index contributed by atoms with van der Waals surface area (Å²) in [7, 11) is 3.24. The maximum absolute atomic E-state index is 9.83. The normalized spacial score (nSPS) is 17.2. The Labute approximate surface area is 147 Å². The van der Waals surface area contributed by atoms with E-state index < -0.39 is 0 Å². The predicted molar refractivity (Wildman–Crippen MR) is 96.4 cm³/mol. The molecule has 0 spiro atoms. The topological polar surface area (TPSA) is 79.7 Å². The number of hydrogen-bond acceptors (Lipinski definition) is 7. The minimum Gasteiger partial charge on any atom is -0.493 e. The number of methoxy groups -OCH3 is 2. The summed E-state index contributed by atoms with van der Waals surface area (Å²) in [6.07, 6.45) is 3.28. The monoisotopic (exact) mass is 344 g/mol. The molecule has 1 aromatic carbocycles. The van der Waals surface area contributed by atoms with Crippen molar-refractivity contribution in [3.8, 4) is 11.5 Å². The van der Waals surface area contributed by atoms with Crippen molar-refractivity contribution >= 4 is 11.8 Å². The van der Waals surface area contributed by atoms with Crippen LogP contribution in [-0.4, -0.2) is 48.5 Å². The number of ether oxygens (including phenoxy) is 2. The Balaban J connectivity index is 1.66. The molecule has 25 heavy (non-hydrogen) atoms. The molecule has 0 radical (unpaired) electrons. The molecule has 1 aromatic heterocycles. The van der Waals surface area contributed by atoms with E-state index in [4.69, 9.17) is 9.47 Å². The van der Waals surface area contributed by atoms with E-state index >= 15 is 0 Å². The first-order valence-corrected chi connectivity index (χ1v) is 8.40. The Morgan fingerprint density at radius 1 is 1.24 bits per heavy atom. The molecule has 0 unspecified atom stereocenters. The average molecular weight is 344 g/mol. The lowest BCUT2D eigenvalue weighted by molar-refractivity contribution is 0.154. The molecule has 1 aliphatic heterocycles. The Morgan fingerprint density at radius 3 is 2.84 bits per heavy atom. The third-order valence-corrected chi connectivity index (χ3v) is 4.26. The van der Waals surface area contributed by atoms with Gasteiger partial charge in [0.2, 0.25) is 5.95 Å². The molecule has 134 valence electrons. The van der Waals surface area contributed by atoms with Crippen LogP contribution in [0.4, 0.5) is 11.8 Å². The Morgan fingerprint density at radius 2 is 2.08 bits per heavy atom. The molecule has 7 heteroatoms. The molecule has 2 N–H and O–H groups in total. The number of aromatic nitrogens is 2. The van der Waals surface area contributed by atoms with E-state index in [0.29, 0.717) is 30.5 Å². The molecule has 0 bridgehead atoms. The third-order valence-electron chi connectivity index (χ3n) is 4.26. The summed E-state index contributed by atoms with van der Waals surface area (Å²) in [4.78, 5) is 10.9. The summed E-state index contributed by atoms with van der Waals surface area (Å²) in [6.45, 7) is 2.10. The summed E-state index contributed by atoms with van der Waals surface area (Å²) in [5.41, 5.74) is 1.04. The number of rotatable bonds is 6. The molecule has 1 saturated heterocycles. The van der Waals surface area contributed by atoms with E-state index in [1.165, 1.54) is 0 Å². The van der Waals surface area contributed by atoms with Crippen LogP contribution in [0.2, 0.25) is 0 Å². The second-order valence-corrected chi connectivity index (χ2v) is 6.02. The zero-order chi connectivity index (χ0) is 17.6. The molecule has 0 aliphatic carbocycles. The smallest absolute Gasteiger partial charge is 0.224 e. The van der Waals surface area contributed by atoms with Gasteiger partial charge in [-0.05, 0) is 36.6 Å². The van der Waals surface area contributed by atoms with Gasteiger partial charge in [-0.3, -0.25) is 0 Å². The van der Waals surface area contributed by atoms with Crippen molar-refractivity contribution in [3.05, 3.63) is 36.0 Å². The van der Waals surface area contributed by atoms with E-state index in [0.717, 1.165) is 30.8 Å². The van der Waals surface area contributed by atoms with Gasteiger partial charge in [0, 0.05) is 25.8 Å². The number of nitrogens with zero attached hydrogens (tertiary/aromatic N) is 3. The van der Waals surface area contributed by atoms with Crippen LogP contribution < -0.4 is 19.7 Å². The van der Waals surface area contributed by atoms with Crippen LogP contribution in [0.15, 0.2) is 30.5 Å². The number of benzene rings is 1. The van der Waals surface area contributed by atoms with Gasteiger partial charge in [-0.25, -0.2) is 4.98 Å². The molecule has 1 atom stereocenters. The van der Waals surface area contributed by atoms with Gasteiger partial charge in [0.15, 0.2) is 11.5 Å². The second-order valence-electron chi connectivity index (χ2n) is 6.02. The van der Waals surface area contributed by atoms with Gasteiger partial charge < -0.3 is 24.8 Å². The zero-order valence-electron chi connectivity index (χ0n) is 14.6. The standard InChI is InChI=1S/C18H24N4O3/c1-24-15-6-5-13(10-16(15)25-2)11-20-18-19-8-7-17(21-18)22-9-3-4-14(23)12-22/h5-8,10,14,23H,3-4,9,11-12H2,1-2H3,(H,19,20,21)/t14-/m0/s1. The molecule has 1 aliphatic rings. The third kappa shape index (κ3) is 4.30. The molecular formula is C18H24N4O3. The SMILES string of the molecule is COc1ccc(CNc2nccc(N3CCC[C@H](O)C3)n2)cc1OC. The van der Waals surface area contributed by atoms with Crippen molar-refractivity contribution < 1.29 is 14.6 Å². The van der Waals surface area contributed by atoms with Crippen molar-refractivity contribution in [3.63, 3.8) is 0 Å². The largest absolute Gasteiger partial charge is 0.493 e. The van der Waals surface area contributed by atoms with Crippen LogP contribution in [0, 0.1) is 0 Å². The lowest BCUT2D eigenvalue weighted by atomic mass is 10.1. The average Bonchev–Trinajstić information content (AvgIpc) is 2.66. The van der Waals surface area contributed by atoms with Gasteiger partial charge in [0.1, 0.15) is 5.82 Å². The maximum Gasteiger partial charge on any atom is 0.224 e. The fourth-order valence-electron chi connectivity index (χ4n) is 2.95. The molecule has 0 saturated carbocycles. The summed E-state index contributed by atoms with van der Waals surface area (Å²) < 4.78 is 10.6. The first-order chi connectivity index (χ1) is 12.2. The first kappa shape index (κ1) is 17.3. The Bertz CT molecular complexity index is 710. The number of nitrogens with one attached hydrogen (secondary N) is 1. The van der Waals surface area contributed by atoms with Gasteiger partial charge in [-0.1, -0.05) is 6.07 Å². The van der Waals surface area contributed by atoms with Crippen molar-refractivity contribution in [1.29, 1.82) is 0 Å². The van der Waals surface area contributed by atoms with Crippen LogP contribution in [0.5, 0.6) is 11.5 Å². The Kier molecular flexibility index (Phi) is 5.55. The lowest BCUT2D eigenvalue weighted by Gasteiger charge is -2.31. The van der Waals surface area contributed by atoms with Crippen molar-refractivity contribution in [2.75, 3.05) is 37.5 Å². The second kappa shape index (κ2) is 8.02. The van der Waals surface area contributed by atoms with Gasteiger partial charge in [0.25, 0.3) is 0 Å². The van der Waals surface area contributed by atoms with E-state index in [1.807, 2.05) is 24.3 Å². The highest BCUT2D eigenvalue weighted by atomic mass is 16.5. The number of anilines is 2. The highest BCUT2D eigenvalue weighted by molar-refractivity contribution is 5.45. The fourth-order valence-corrected chi connectivity index (χ4v) is 2.95. The maximum atomic E-state index is 9.83. The molecule has 2 aromatic rings. The summed E-state index contributed by atoms with van der Waals surface area (Å²) in [6, 6.07) is 7.65. The van der Waals surface area contributed by atoms with E-state index in [-0.39, 0.29) is 6.10 Å². The number of piperidine rings is 1.